The van der Waals surface area contributed by atoms with Crippen LogP contribution in [0.1, 0.15) is 13.3 Å². The van der Waals surface area contributed by atoms with Crippen LogP contribution in [0.2, 0.25) is 5.02 Å². The van der Waals surface area contributed by atoms with Crippen LogP contribution in [0.3, 0.4) is 0 Å². The second-order valence-electron chi connectivity index (χ2n) is 4.86. The monoisotopic (exact) mass is 301 g/mol. The van der Waals surface area contributed by atoms with Crippen LogP contribution in [0, 0.1) is 0 Å². The number of nitrogens with two attached hydrogens (primary N) is 1. The largest absolute Gasteiger partial charge is 0.436 e. The van der Waals surface area contributed by atoms with E-state index in [0.717, 1.165) is 29.7 Å². The fraction of sp³-hybridized carbons (Fsp3) is 0.188. The van der Waals surface area contributed by atoms with Gasteiger partial charge in [0.1, 0.15) is 5.52 Å². The molecule has 0 bridgehead atoms. The maximum atomic E-state index is 6.06. The Morgan fingerprint density at radius 2 is 2.10 bits per heavy atom. The number of halogens is 1. The van der Waals surface area contributed by atoms with Gasteiger partial charge in [0.05, 0.1) is 11.4 Å². The number of nitrogens with one attached hydrogen (secondary N) is 1. The molecule has 5 heteroatoms. The van der Waals surface area contributed by atoms with Crippen LogP contribution in [0.15, 0.2) is 40.8 Å². The Morgan fingerprint density at radius 3 is 2.86 bits per heavy atom. The molecule has 21 heavy (non-hydrogen) atoms. The molecule has 0 amide bonds. The van der Waals surface area contributed by atoms with Crippen molar-refractivity contribution in [2.45, 2.75) is 13.3 Å². The Morgan fingerprint density at radius 1 is 1.24 bits per heavy atom. The van der Waals surface area contributed by atoms with Gasteiger partial charge < -0.3 is 15.5 Å². The van der Waals surface area contributed by atoms with Crippen molar-refractivity contribution >= 4 is 34.1 Å². The third-order valence-electron chi connectivity index (χ3n) is 3.21. The van der Waals surface area contributed by atoms with Crippen LogP contribution in [0.25, 0.3) is 22.6 Å². The molecule has 0 fully saturated rings. The number of anilines is 2. The quantitative estimate of drug-likeness (QED) is 0.694. The summed E-state index contributed by atoms with van der Waals surface area (Å²) in [6, 6.07) is 11.1. The lowest BCUT2D eigenvalue weighted by atomic mass is 10.1. The zero-order valence-corrected chi connectivity index (χ0v) is 12.4. The fourth-order valence-electron chi connectivity index (χ4n) is 2.14. The summed E-state index contributed by atoms with van der Waals surface area (Å²) in [7, 11) is 0. The predicted octanol–water partition coefficient (Wildman–Crippen LogP) is 4.55. The maximum Gasteiger partial charge on any atom is 0.227 e. The van der Waals surface area contributed by atoms with Crippen LogP contribution in [-0.4, -0.2) is 11.5 Å². The molecule has 0 saturated carbocycles. The van der Waals surface area contributed by atoms with Gasteiger partial charge >= 0.3 is 0 Å². The van der Waals surface area contributed by atoms with Gasteiger partial charge in [-0.1, -0.05) is 18.5 Å². The number of nitrogen functional groups attached to an aromatic ring is 1. The van der Waals surface area contributed by atoms with E-state index in [2.05, 4.69) is 17.2 Å². The molecule has 1 heterocycles. The highest BCUT2D eigenvalue weighted by Crippen LogP contribution is 2.29. The van der Waals surface area contributed by atoms with E-state index in [-0.39, 0.29) is 0 Å². The van der Waals surface area contributed by atoms with E-state index in [1.807, 2.05) is 24.3 Å². The molecule has 3 aromatic rings. The van der Waals surface area contributed by atoms with Gasteiger partial charge in [0.25, 0.3) is 0 Å². The fourth-order valence-corrected chi connectivity index (χ4v) is 2.31. The molecule has 0 saturated heterocycles. The van der Waals surface area contributed by atoms with Crippen molar-refractivity contribution < 1.29 is 4.42 Å². The molecular weight excluding hydrogens is 286 g/mol. The topological polar surface area (TPSA) is 64.1 Å². The summed E-state index contributed by atoms with van der Waals surface area (Å²) in [5, 5.41) is 3.92. The summed E-state index contributed by atoms with van der Waals surface area (Å²) in [5.41, 5.74) is 9.98. The smallest absolute Gasteiger partial charge is 0.227 e. The van der Waals surface area contributed by atoms with Crippen LogP contribution >= 0.6 is 11.6 Å². The second kappa shape index (κ2) is 5.66. The summed E-state index contributed by atoms with van der Waals surface area (Å²) in [6.45, 7) is 3.01. The van der Waals surface area contributed by atoms with E-state index in [1.165, 1.54) is 0 Å². The van der Waals surface area contributed by atoms with Crippen LogP contribution in [0.5, 0.6) is 0 Å². The van der Waals surface area contributed by atoms with Crippen LogP contribution < -0.4 is 11.1 Å². The van der Waals surface area contributed by atoms with E-state index < -0.39 is 0 Å². The third kappa shape index (κ3) is 2.81. The van der Waals surface area contributed by atoms with Crippen LogP contribution in [0.4, 0.5) is 11.4 Å². The number of aromatic nitrogens is 1. The first-order valence-electron chi connectivity index (χ1n) is 6.87. The standard InChI is InChI=1S/C16H16ClN3O/c1-2-7-19-13-5-3-10(8-12(13)18)16-20-14-9-11(17)4-6-15(14)21-16/h3-6,8-9,19H,2,7,18H2,1H3. The first kappa shape index (κ1) is 13.8. The minimum Gasteiger partial charge on any atom is -0.436 e. The molecule has 0 aliphatic heterocycles. The van der Waals surface area contributed by atoms with E-state index >= 15 is 0 Å². The van der Waals surface area contributed by atoms with E-state index in [1.54, 1.807) is 12.1 Å². The highest BCUT2D eigenvalue weighted by Gasteiger charge is 2.10. The molecule has 0 unspecified atom stereocenters. The molecule has 0 aliphatic rings. The van der Waals surface area contributed by atoms with Crippen molar-refractivity contribution in [2.24, 2.45) is 0 Å². The lowest BCUT2D eigenvalue weighted by molar-refractivity contribution is 0.620. The Hall–Kier alpha value is -2.20. The summed E-state index contributed by atoms with van der Waals surface area (Å²) >= 11 is 5.96. The van der Waals surface area contributed by atoms with Gasteiger partial charge in [-0.05, 0) is 42.8 Å². The SMILES string of the molecule is CCCNc1ccc(-c2nc3cc(Cl)ccc3o2)cc1N. The van der Waals surface area contributed by atoms with Crippen LogP contribution in [-0.2, 0) is 0 Å². The maximum absolute atomic E-state index is 6.06. The molecule has 3 N–H and O–H groups in total. The first-order chi connectivity index (χ1) is 10.2. The number of hydrogen-bond acceptors (Lipinski definition) is 4. The Kier molecular flexibility index (Phi) is 3.71. The third-order valence-corrected chi connectivity index (χ3v) is 3.45. The Balaban J connectivity index is 1.96. The van der Waals surface area contributed by atoms with E-state index in [0.29, 0.717) is 22.2 Å². The normalized spacial score (nSPS) is 11.0. The molecule has 3 rings (SSSR count). The number of fused-ring (bicyclic) bond motifs is 1. The van der Waals surface area contributed by atoms with E-state index in [4.69, 9.17) is 21.8 Å². The molecule has 2 aromatic carbocycles. The van der Waals surface area contributed by atoms with Crippen molar-refractivity contribution in [3.63, 3.8) is 0 Å². The Labute approximate surface area is 127 Å². The minimum atomic E-state index is 0.543. The Bertz CT molecular complexity index is 782. The number of hydrogen-bond donors (Lipinski definition) is 2. The lowest BCUT2D eigenvalue weighted by Gasteiger charge is -2.08. The van der Waals surface area contributed by atoms with Gasteiger partial charge in [-0.2, -0.15) is 0 Å². The highest BCUT2D eigenvalue weighted by atomic mass is 35.5. The summed E-state index contributed by atoms with van der Waals surface area (Å²) in [4.78, 5) is 4.45. The minimum absolute atomic E-state index is 0.543. The molecule has 0 aliphatic carbocycles. The van der Waals surface area contributed by atoms with Gasteiger partial charge in [-0.3, -0.25) is 0 Å². The zero-order chi connectivity index (χ0) is 14.8. The van der Waals surface area contributed by atoms with Crippen molar-refractivity contribution in [3.8, 4) is 11.5 Å². The molecule has 0 atom stereocenters. The van der Waals surface area contributed by atoms with Gasteiger partial charge in [-0.25, -0.2) is 4.98 Å². The summed E-state index contributed by atoms with van der Waals surface area (Å²) in [5.74, 6) is 0.543. The van der Waals surface area contributed by atoms with Gasteiger partial charge in [0.15, 0.2) is 5.58 Å². The average Bonchev–Trinajstić information content (AvgIpc) is 2.89. The average molecular weight is 302 g/mol. The van der Waals surface area contributed by atoms with Crippen molar-refractivity contribution in [1.29, 1.82) is 0 Å². The van der Waals surface area contributed by atoms with Crippen molar-refractivity contribution in [3.05, 3.63) is 41.4 Å². The molecule has 108 valence electrons. The first-order valence-corrected chi connectivity index (χ1v) is 7.25. The van der Waals surface area contributed by atoms with E-state index in [9.17, 15) is 0 Å². The van der Waals surface area contributed by atoms with Gasteiger partial charge in [0.2, 0.25) is 5.89 Å². The van der Waals surface area contributed by atoms with Gasteiger partial charge in [-0.15, -0.1) is 0 Å². The second-order valence-corrected chi connectivity index (χ2v) is 5.30. The molecule has 4 nitrogen and oxygen atoms in total. The molecule has 0 spiro atoms. The van der Waals surface area contributed by atoms with Gasteiger partial charge in [0, 0.05) is 17.1 Å². The molecule has 0 radical (unpaired) electrons. The predicted molar refractivity (Wildman–Crippen MR) is 87.6 cm³/mol. The number of nitrogens with zero attached hydrogens (tertiary/aromatic N) is 1. The zero-order valence-electron chi connectivity index (χ0n) is 11.7. The van der Waals surface area contributed by atoms with Crippen molar-refractivity contribution in [2.75, 3.05) is 17.6 Å². The molecular formula is C16H16ClN3O. The number of rotatable bonds is 4. The summed E-state index contributed by atoms with van der Waals surface area (Å²) < 4.78 is 5.74. The highest BCUT2D eigenvalue weighted by molar-refractivity contribution is 6.31. The van der Waals surface area contributed by atoms with Crippen molar-refractivity contribution in [1.82, 2.24) is 4.98 Å². The summed E-state index contributed by atoms with van der Waals surface area (Å²) in [6.07, 6.45) is 1.05. The molecule has 1 aromatic heterocycles. The number of benzene rings is 2. The number of oxazole rings is 1. The lowest BCUT2D eigenvalue weighted by Crippen LogP contribution is -2.02.